The maximum absolute atomic E-state index is 3.71. The third kappa shape index (κ3) is 1.49. The van der Waals surface area contributed by atoms with E-state index in [2.05, 4.69) is 29.8 Å². The molecule has 1 saturated carbocycles. The molecule has 1 fully saturated rings. The molecule has 0 nitrogen and oxygen atoms in total. The summed E-state index contributed by atoms with van der Waals surface area (Å²) in [6, 6.07) is 0. The maximum Gasteiger partial charge on any atom is 0.0176 e. The Morgan fingerprint density at radius 1 is 1.44 bits per heavy atom. The van der Waals surface area contributed by atoms with Crippen molar-refractivity contribution in [1.82, 2.24) is 0 Å². The minimum atomic E-state index is 0.817. The predicted molar refractivity (Wildman–Crippen MR) is 44.9 cm³/mol. The third-order valence-corrected chi connectivity index (χ3v) is 3.70. The van der Waals surface area contributed by atoms with E-state index in [1.54, 1.807) is 0 Å². The summed E-state index contributed by atoms with van der Waals surface area (Å²) >= 11 is 3.71. The summed E-state index contributed by atoms with van der Waals surface area (Å²) in [4.78, 5) is 0.817. The van der Waals surface area contributed by atoms with Gasteiger partial charge in [-0.05, 0) is 24.7 Å². The number of halogens is 1. The minimum Gasteiger partial charge on any atom is -0.0888 e. The highest BCUT2D eigenvalue weighted by Gasteiger charge is 2.29. The molecule has 1 aliphatic carbocycles. The average molecular weight is 191 g/mol. The third-order valence-electron chi connectivity index (χ3n) is 2.56. The van der Waals surface area contributed by atoms with Crippen LogP contribution in [0.4, 0.5) is 0 Å². The molecule has 1 heteroatoms. The first kappa shape index (κ1) is 7.59. The molecular weight excluding hydrogens is 176 g/mol. The molecule has 0 aliphatic heterocycles. The second kappa shape index (κ2) is 3.05. The number of rotatable bonds is 1. The van der Waals surface area contributed by atoms with Crippen LogP contribution in [0.25, 0.3) is 0 Å². The Kier molecular flexibility index (Phi) is 2.57. The summed E-state index contributed by atoms with van der Waals surface area (Å²) < 4.78 is 0. The molecule has 54 valence electrons. The molecule has 3 unspecified atom stereocenters. The van der Waals surface area contributed by atoms with E-state index in [0.717, 1.165) is 16.7 Å². The van der Waals surface area contributed by atoms with Gasteiger partial charge in [-0.2, -0.15) is 0 Å². The summed E-state index contributed by atoms with van der Waals surface area (Å²) in [6.07, 6.45) is 4.16. The standard InChI is InChI=1S/C8H15Br/c1-3-7-6(2)4-5-8(7)9/h6-8H,3-5H2,1-2H3. The first-order chi connectivity index (χ1) is 4.25. The van der Waals surface area contributed by atoms with Crippen molar-refractivity contribution < 1.29 is 0 Å². The fourth-order valence-electron chi connectivity index (χ4n) is 1.86. The highest BCUT2D eigenvalue weighted by atomic mass is 79.9. The second-order valence-electron chi connectivity index (χ2n) is 3.14. The van der Waals surface area contributed by atoms with Crippen molar-refractivity contribution >= 4 is 15.9 Å². The Morgan fingerprint density at radius 3 is 2.33 bits per heavy atom. The molecule has 3 atom stereocenters. The molecule has 0 spiro atoms. The molecular formula is C8H15Br. The molecule has 0 saturated heterocycles. The predicted octanol–water partition coefficient (Wildman–Crippen LogP) is 3.21. The summed E-state index contributed by atoms with van der Waals surface area (Å²) in [6.45, 7) is 4.66. The van der Waals surface area contributed by atoms with Crippen molar-refractivity contribution in [2.45, 2.75) is 37.9 Å². The first-order valence-electron chi connectivity index (χ1n) is 3.89. The van der Waals surface area contributed by atoms with E-state index in [-0.39, 0.29) is 0 Å². The fourth-order valence-corrected chi connectivity index (χ4v) is 3.02. The maximum atomic E-state index is 3.71. The molecule has 0 radical (unpaired) electrons. The smallest absolute Gasteiger partial charge is 0.0176 e. The van der Waals surface area contributed by atoms with Crippen LogP contribution in [0.2, 0.25) is 0 Å². The van der Waals surface area contributed by atoms with Crippen LogP contribution in [-0.4, -0.2) is 4.83 Å². The molecule has 0 heterocycles. The molecule has 1 rings (SSSR count). The lowest BCUT2D eigenvalue weighted by Gasteiger charge is -2.15. The molecule has 0 amide bonds. The summed E-state index contributed by atoms with van der Waals surface area (Å²) in [5.74, 6) is 1.91. The fraction of sp³-hybridized carbons (Fsp3) is 1.00. The Balaban J connectivity index is 2.44. The Labute approximate surface area is 66.2 Å². The molecule has 0 bridgehead atoms. The van der Waals surface area contributed by atoms with E-state index >= 15 is 0 Å². The second-order valence-corrected chi connectivity index (χ2v) is 4.32. The van der Waals surface area contributed by atoms with Gasteiger partial charge in [0.25, 0.3) is 0 Å². The van der Waals surface area contributed by atoms with Gasteiger partial charge < -0.3 is 0 Å². The Bertz CT molecular complexity index is 80.6. The van der Waals surface area contributed by atoms with Crippen LogP contribution >= 0.6 is 15.9 Å². The summed E-state index contributed by atoms with van der Waals surface area (Å²) in [7, 11) is 0. The quantitative estimate of drug-likeness (QED) is 0.558. The zero-order valence-corrected chi connectivity index (χ0v) is 7.82. The van der Waals surface area contributed by atoms with Gasteiger partial charge in [-0.15, -0.1) is 0 Å². The van der Waals surface area contributed by atoms with Crippen molar-refractivity contribution in [3.05, 3.63) is 0 Å². The summed E-state index contributed by atoms with van der Waals surface area (Å²) in [5.41, 5.74) is 0. The lowest BCUT2D eigenvalue weighted by molar-refractivity contribution is 0.416. The van der Waals surface area contributed by atoms with Gasteiger partial charge in [0.2, 0.25) is 0 Å². The van der Waals surface area contributed by atoms with Crippen molar-refractivity contribution in [3.63, 3.8) is 0 Å². The number of hydrogen-bond donors (Lipinski definition) is 0. The van der Waals surface area contributed by atoms with Crippen molar-refractivity contribution in [3.8, 4) is 0 Å². The van der Waals surface area contributed by atoms with Crippen LogP contribution in [-0.2, 0) is 0 Å². The topological polar surface area (TPSA) is 0 Å². The van der Waals surface area contributed by atoms with Crippen LogP contribution in [0.1, 0.15) is 33.1 Å². The molecule has 9 heavy (non-hydrogen) atoms. The van der Waals surface area contributed by atoms with E-state index in [0.29, 0.717) is 0 Å². The molecule has 0 aromatic heterocycles. The Hall–Kier alpha value is 0.480. The van der Waals surface area contributed by atoms with Gasteiger partial charge in [0.15, 0.2) is 0 Å². The largest absolute Gasteiger partial charge is 0.0888 e. The highest BCUT2D eigenvalue weighted by Crippen LogP contribution is 2.38. The highest BCUT2D eigenvalue weighted by molar-refractivity contribution is 9.09. The monoisotopic (exact) mass is 190 g/mol. The van der Waals surface area contributed by atoms with Crippen LogP contribution in [0.5, 0.6) is 0 Å². The molecule has 0 aromatic rings. The van der Waals surface area contributed by atoms with E-state index in [1.807, 2.05) is 0 Å². The van der Waals surface area contributed by atoms with Crippen LogP contribution in [0.15, 0.2) is 0 Å². The lowest BCUT2D eigenvalue weighted by Crippen LogP contribution is -2.10. The molecule has 0 N–H and O–H groups in total. The zero-order chi connectivity index (χ0) is 6.85. The zero-order valence-electron chi connectivity index (χ0n) is 6.23. The van der Waals surface area contributed by atoms with E-state index < -0.39 is 0 Å². The SMILES string of the molecule is CCC1C(C)CCC1Br. The van der Waals surface area contributed by atoms with Gasteiger partial charge in [0.1, 0.15) is 0 Å². The van der Waals surface area contributed by atoms with Gasteiger partial charge in [-0.1, -0.05) is 36.2 Å². The van der Waals surface area contributed by atoms with Gasteiger partial charge >= 0.3 is 0 Å². The molecule has 0 aromatic carbocycles. The van der Waals surface area contributed by atoms with E-state index in [1.165, 1.54) is 19.3 Å². The summed E-state index contributed by atoms with van der Waals surface area (Å²) in [5, 5.41) is 0. The van der Waals surface area contributed by atoms with Crippen LogP contribution in [0.3, 0.4) is 0 Å². The average Bonchev–Trinajstić information content (AvgIpc) is 2.12. The van der Waals surface area contributed by atoms with E-state index in [4.69, 9.17) is 0 Å². The van der Waals surface area contributed by atoms with Crippen LogP contribution < -0.4 is 0 Å². The van der Waals surface area contributed by atoms with Crippen molar-refractivity contribution in [2.75, 3.05) is 0 Å². The first-order valence-corrected chi connectivity index (χ1v) is 4.81. The van der Waals surface area contributed by atoms with Gasteiger partial charge in [0, 0.05) is 4.83 Å². The Morgan fingerprint density at radius 2 is 2.11 bits per heavy atom. The van der Waals surface area contributed by atoms with Gasteiger partial charge in [-0.3, -0.25) is 0 Å². The normalized spacial score (nSPS) is 43.7. The number of alkyl halides is 1. The van der Waals surface area contributed by atoms with Crippen LogP contribution in [0, 0.1) is 11.8 Å². The lowest BCUT2D eigenvalue weighted by atomic mass is 9.96. The van der Waals surface area contributed by atoms with Gasteiger partial charge in [-0.25, -0.2) is 0 Å². The van der Waals surface area contributed by atoms with Crippen molar-refractivity contribution in [2.24, 2.45) is 11.8 Å². The molecule has 1 aliphatic rings. The minimum absolute atomic E-state index is 0.817. The van der Waals surface area contributed by atoms with E-state index in [9.17, 15) is 0 Å². The van der Waals surface area contributed by atoms with Gasteiger partial charge in [0.05, 0.1) is 0 Å². The number of hydrogen-bond acceptors (Lipinski definition) is 0. The van der Waals surface area contributed by atoms with Crippen molar-refractivity contribution in [1.29, 1.82) is 0 Å².